The van der Waals surface area contributed by atoms with Gasteiger partial charge in [-0.05, 0) is 42.8 Å². The first kappa shape index (κ1) is 25.9. The van der Waals surface area contributed by atoms with Gasteiger partial charge >= 0.3 is 5.97 Å². The lowest BCUT2D eigenvalue weighted by Crippen LogP contribution is -2.26. The number of rotatable bonds is 11. The van der Waals surface area contributed by atoms with E-state index in [4.69, 9.17) is 35.3 Å². The van der Waals surface area contributed by atoms with E-state index >= 15 is 0 Å². The maximum absolute atomic E-state index is 12.8. The Morgan fingerprint density at radius 1 is 0.886 bits per heavy atom. The van der Waals surface area contributed by atoms with Gasteiger partial charge in [0.2, 0.25) is 5.28 Å². The molecule has 0 spiro atoms. The molecule has 2 aromatic carbocycles. The Balaban J connectivity index is 2.11. The molecule has 0 fully saturated rings. The van der Waals surface area contributed by atoms with Gasteiger partial charge in [-0.2, -0.15) is 0 Å². The summed E-state index contributed by atoms with van der Waals surface area (Å²) in [6.45, 7) is 2.61. The summed E-state index contributed by atoms with van der Waals surface area (Å²) in [6, 6.07) is 11.1. The molecule has 0 amide bonds. The van der Waals surface area contributed by atoms with Crippen molar-refractivity contribution in [2.75, 3.05) is 39.9 Å². The van der Waals surface area contributed by atoms with Crippen molar-refractivity contribution in [2.45, 2.75) is 20.0 Å². The van der Waals surface area contributed by atoms with E-state index < -0.39 is 5.97 Å². The number of benzene rings is 2. The zero-order valence-electron chi connectivity index (χ0n) is 20.3. The van der Waals surface area contributed by atoms with Crippen LogP contribution < -0.4 is 23.8 Å². The molecular weight excluding hydrogens is 474 g/mol. The van der Waals surface area contributed by atoms with Crippen molar-refractivity contribution in [3.63, 3.8) is 0 Å². The van der Waals surface area contributed by atoms with Gasteiger partial charge in [0.1, 0.15) is 23.0 Å². The minimum Gasteiger partial charge on any atom is -0.497 e. The Bertz CT molecular complexity index is 1120. The van der Waals surface area contributed by atoms with Gasteiger partial charge in [0.15, 0.2) is 5.69 Å². The van der Waals surface area contributed by atoms with Crippen molar-refractivity contribution in [3.05, 3.63) is 64.7 Å². The molecule has 186 valence electrons. The predicted molar refractivity (Wildman–Crippen MR) is 132 cm³/mol. The van der Waals surface area contributed by atoms with Crippen LogP contribution in [-0.4, -0.2) is 51.0 Å². The van der Waals surface area contributed by atoms with Crippen LogP contribution in [0.1, 0.15) is 28.5 Å². The van der Waals surface area contributed by atoms with Crippen LogP contribution in [0.3, 0.4) is 0 Å². The summed E-state index contributed by atoms with van der Waals surface area (Å²) < 4.78 is 27.1. The summed E-state index contributed by atoms with van der Waals surface area (Å²) in [6.07, 6.45) is 1.51. The molecule has 3 rings (SSSR count). The number of hydrogen-bond donors (Lipinski definition) is 0. The van der Waals surface area contributed by atoms with Gasteiger partial charge in [0.25, 0.3) is 0 Å². The zero-order valence-corrected chi connectivity index (χ0v) is 21.1. The van der Waals surface area contributed by atoms with Crippen LogP contribution in [0.4, 0.5) is 5.69 Å². The summed E-state index contributed by atoms with van der Waals surface area (Å²) in [7, 11) is 6.36. The topological polar surface area (TPSA) is 92.2 Å². The molecule has 1 heterocycles. The molecule has 0 atom stereocenters. The first-order valence-corrected chi connectivity index (χ1v) is 11.2. The molecule has 0 aliphatic heterocycles. The molecule has 0 aliphatic carbocycles. The van der Waals surface area contributed by atoms with Crippen LogP contribution in [-0.2, 0) is 17.8 Å². The standard InChI is InChI=1S/C25H28ClN3O6/c1-6-35-24(30)23-20(13-27-25(26)28-23)29(14-16-7-9-18(31-2)11-21(16)33-4)15-17-8-10-19(32-3)12-22(17)34-5/h7-13H,6,14-15H2,1-5H3. The molecule has 0 radical (unpaired) electrons. The fourth-order valence-corrected chi connectivity index (χ4v) is 3.67. The van der Waals surface area contributed by atoms with E-state index in [1.807, 2.05) is 29.2 Å². The molecule has 0 N–H and O–H groups in total. The van der Waals surface area contributed by atoms with Crippen LogP contribution in [0.2, 0.25) is 5.28 Å². The van der Waals surface area contributed by atoms with Crippen molar-refractivity contribution in [3.8, 4) is 23.0 Å². The van der Waals surface area contributed by atoms with Gasteiger partial charge in [-0.3, -0.25) is 0 Å². The number of carbonyl (C=O) groups excluding carboxylic acids is 1. The summed E-state index contributed by atoms with van der Waals surface area (Å²) in [5.74, 6) is 1.99. The van der Waals surface area contributed by atoms with Gasteiger partial charge < -0.3 is 28.6 Å². The predicted octanol–water partition coefficient (Wildman–Crippen LogP) is 4.55. The highest BCUT2D eigenvalue weighted by Gasteiger charge is 2.23. The largest absolute Gasteiger partial charge is 0.497 e. The maximum atomic E-state index is 12.8. The van der Waals surface area contributed by atoms with E-state index in [2.05, 4.69) is 9.97 Å². The zero-order chi connectivity index (χ0) is 25.4. The SMILES string of the molecule is CCOC(=O)c1nc(Cl)ncc1N(Cc1ccc(OC)cc1OC)Cc1ccc(OC)cc1OC. The Morgan fingerprint density at radius 2 is 1.43 bits per heavy atom. The van der Waals surface area contributed by atoms with Crippen LogP contribution in [0.15, 0.2) is 42.6 Å². The number of aromatic nitrogens is 2. The van der Waals surface area contributed by atoms with E-state index in [0.717, 1.165) is 11.1 Å². The molecule has 35 heavy (non-hydrogen) atoms. The highest BCUT2D eigenvalue weighted by molar-refractivity contribution is 6.28. The summed E-state index contributed by atoms with van der Waals surface area (Å²) in [5, 5.41) is -0.0548. The van der Waals surface area contributed by atoms with Gasteiger partial charge in [0.05, 0.1) is 46.9 Å². The monoisotopic (exact) mass is 501 g/mol. The first-order valence-electron chi connectivity index (χ1n) is 10.8. The summed E-state index contributed by atoms with van der Waals surface area (Å²) in [4.78, 5) is 23.0. The second kappa shape index (κ2) is 12.1. The lowest BCUT2D eigenvalue weighted by Gasteiger charge is -2.27. The summed E-state index contributed by atoms with van der Waals surface area (Å²) >= 11 is 6.03. The first-order chi connectivity index (χ1) is 16.9. The number of ether oxygens (including phenoxy) is 5. The van der Waals surface area contributed by atoms with Crippen LogP contribution >= 0.6 is 11.6 Å². The van der Waals surface area contributed by atoms with Gasteiger partial charge in [0, 0.05) is 36.3 Å². The number of esters is 1. The fourth-order valence-electron chi connectivity index (χ4n) is 3.54. The normalized spacial score (nSPS) is 10.5. The second-order valence-corrected chi connectivity index (χ2v) is 7.64. The second-order valence-electron chi connectivity index (χ2n) is 7.30. The van der Waals surface area contributed by atoms with Crippen LogP contribution in [0.5, 0.6) is 23.0 Å². The molecule has 9 nitrogen and oxygen atoms in total. The highest BCUT2D eigenvalue weighted by Crippen LogP contribution is 2.32. The maximum Gasteiger partial charge on any atom is 0.359 e. The molecule has 10 heteroatoms. The quantitative estimate of drug-likeness (QED) is 0.277. The lowest BCUT2D eigenvalue weighted by atomic mass is 10.1. The van der Waals surface area contributed by atoms with E-state index in [9.17, 15) is 4.79 Å². The number of carbonyl (C=O) groups is 1. The third kappa shape index (κ3) is 6.24. The number of nitrogens with zero attached hydrogens (tertiary/aromatic N) is 3. The van der Waals surface area contributed by atoms with Crippen molar-refractivity contribution < 1.29 is 28.5 Å². The average Bonchev–Trinajstić information content (AvgIpc) is 2.88. The number of methoxy groups -OCH3 is 4. The van der Waals surface area contributed by atoms with Gasteiger partial charge in [-0.1, -0.05) is 0 Å². The Morgan fingerprint density at radius 3 is 1.89 bits per heavy atom. The van der Waals surface area contributed by atoms with Gasteiger partial charge in [-0.15, -0.1) is 0 Å². The van der Waals surface area contributed by atoms with E-state index in [0.29, 0.717) is 41.8 Å². The molecule has 0 unspecified atom stereocenters. The fraction of sp³-hybridized carbons (Fsp3) is 0.320. The molecule has 0 saturated carbocycles. The van der Waals surface area contributed by atoms with Crippen LogP contribution in [0, 0.1) is 0 Å². The Kier molecular flexibility index (Phi) is 8.97. The number of halogens is 1. The smallest absolute Gasteiger partial charge is 0.359 e. The van der Waals surface area contributed by atoms with Crippen molar-refractivity contribution in [1.82, 2.24) is 9.97 Å². The molecule has 0 bridgehead atoms. The third-order valence-corrected chi connectivity index (χ3v) is 5.44. The van der Waals surface area contributed by atoms with Crippen molar-refractivity contribution in [2.24, 2.45) is 0 Å². The Hall–Kier alpha value is -3.72. The van der Waals surface area contributed by atoms with Crippen molar-refractivity contribution in [1.29, 1.82) is 0 Å². The average molecular weight is 502 g/mol. The van der Waals surface area contributed by atoms with Gasteiger partial charge in [-0.25, -0.2) is 14.8 Å². The number of hydrogen-bond acceptors (Lipinski definition) is 9. The number of anilines is 1. The molecule has 0 saturated heterocycles. The highest BCUT2D eigenvalue weighted by atomic mass is 35.5. The summed E-state index contributed by atoms with van der Waals surface area (Å²) in [5.41, 5.74) is 2.21. The third-order valence-electron chi connectivity index (χ3n) is 5.26. The molecule has 0 aliphatic rings. The molecular formula is C25H28ClN3O6. The Labute approximate surface area is 209 Å². The minimum absolute atomic E-state index is 0.0548. The van der Waals surface area contributed by atoms with Crippen molar-refractivity contribution >= 4 is 23.3 Å². The lowest BCUT2D eigenvalue weighted by molar-refractivity contribution is 0.0520. The molecule has 3 aromatic rings. The molecule has 1 aromatic heterocycles. The van der Waals surface area contributed by atoms with E-state index in [1.54, 1.807) is 47.5 Å². The van der Waals surface area contributed by atoms with E-state index in [1.165, 1.54) is 6.20 Å². The van der Waals surface area contributed by atoms with Crippen LogP contribution in [0.25, 0.3) is 0 Å². The van der Waals surface area contributed by atoms with E-state index in [-0.39, 0.29) is 17.6 Å². The minimum atomic E-state index is -0.597.